The number of carbonyl (C=O) groups excluding carboxylic acids is 2. The number of hydrogen-bond donors (Lipinski definition) is 1. The minimum Gasteiger partial charge on any atom is -0.444 e. The summed E-state index contributed by atoms with van der Waals surface area (Å²) in [5.74, 6) is -0.0452. The molecule has 150 valence electrons. The Labute approximate surface area is 156 Å². The minimum absolute atomic E-state index is 0.100. The molecule has 0 unspecified atom stereocenters. The Kier molecular flexibility index (Phi) is 6.22. The van der Waals surface area contributed by atoms with Gasteiger partial charge in [0.05, 0.1) is 24.4 Å². The van der Waals surface area contributed by atoms with Gasteiger partial charge in [0.1, 0.15) is 5.60 Å². The van der Waals surface area contributed by atoms with E-state index in [1.54, 1.807) is 4.90 Å². The van der Waals surface area contributed by atoms with Crippen LogP contribution >= 0.6 is 0 Å². The molecule has 26 heavy (non-hydrogen) atoms. The normalized spacial score (nSPS) is 29.4. The standard InChI is InChI=1S/C17H31N3O5S/c1-12-7-9-20(16(22)25-17(3,4)5)13(2)15(12)18-14(21)11-19-8-6-10-26(19,23)24/h12-13,15H,6-11H2,1-5H3,(H,18,21)/t12-,13+,15-/m1/s1. The molecule has 2 aliphatic rings. The van der Waals surface area contributed by atoms with Crippen LogP contribution in [0.3, 0.4) is 0 Å². The predicted molar refractivity (Wildman–Crippen MR) is 98.1 cm³/mol. The molecule has 1 N–H and O–H groups in total. The lowest BCUT2D eigenvalue weighted by Gasteiger charge is -2.43. The first-order valence-electron chi connectivity index (χ1n) is 9.17. The fraction of sp³-hybridized carbons (Fsp3) is 0.882. The summed E-state index contributed by atoms with van der Waals surface area (Å²) in [7, 11) is -3.31. The lowest BCUT2D eigenvalue weighted by molar-refractivity contribution is -0.123. The first-order chi connectivity index (χ1) is 11.9. The molecule has 0 spiro atoms. The first-order valence-corrected chi connectivity index (χ1v) is 10.8. The van der Waals surface area contributed by atoms with Gasteiger partial charge in [-0.15, -0.1) is 0 Å². The maximum atomic E-state index is 12.4. The average molecular weight is 390 g/mol. The van der Waals surface area contributed by atoms with Crippen molar-refractivity contribution in [1.29, 1.82) is 0 Å². The quantitative estimate of drug-likeness (QED) is 0.782. The van der Waals surface area contributed by atoms with Crippen molar-refractivity contribution in [1.82, 2.24) is 14.5 Å². The highest BCUT2D eigenvalue weighted by molar-refractivity contribution is 7.89. The number of likely N-dealkylation sites (tertiary alicyclic amines) is 1. The van der Waals surface area contributed by atoms with Crippen molar-refractivity contribution < 1.29 is 22.7 Å². The van der Waals surface area contributed by atoms with E-state index in [1.807, 2.05) is 34.6 Å². The van der Waals surface area contributed by atoms with E-state index in [0.29, 0.717) is 19.5 Å². The van der Waals surface area contributed by atoms with E-state index >= 15 is 0 Å². The van der Waals surface area contributed by atoms with Gasteiger partial charge in [0.15, 0.2) is 0 Å². The third-order valence-corrected chi connectivity index (χ3v) is 6.83. The third-order valence-electron chi connectivity index (χ3n) is 4.93. The van der Waals surface area contributed by atoms with Gasteiger partial charge in [0.25, 0.3) is 0 Å². The molecule has 2 fully saturated rings. The summed E-state index contributed by atoms with van der Waals surface area (Å²) in [6.07, 6.45) is 0.910. The topological polar surface area (TPSA) is 96.0 Å². The molecule has 2 aliphatic heterocycles. The van der Waals surface area contributed by atoms with Crippen molar-refractivity contribution in [3.8, 4) is 0 Å². The van der Waals surface area contributed by atoms with E-state index in [4.69, 9.17) is 4.74 Å². The van der Waals surface area contributed by atoms with Gasteiger partial charge in [-0.2, -0.15) is 4.31 Å². The van der Waals surface area contributed by atoms with E-state index in [0.717, 1.165) is 6.42 Å². The van der Waals surface area contributed by atoms with Gasteiger partial charge >= 0.3 is 6.09 Å². The Morgan fingerprint density at radius 2 is 1.85 bits per heavy atom. The van der Waals surface area contributed by atoms with E-state index in [9.17, 15) is 18.0 Å². The van der Waals surface area contributed by atoms with Crippen LogP contribution in [0.2, 0.25) is 0 Å². The van der Waals surface area contributed by atoms with Crippen molar-refractivity contribution in [2.75, 3.05) is 25.4 Å². The summed E-state index contributed by atoms with van der Waals surface area (Å²) < 4.78 is 30.4. The number of amides is 2. The van der Waals surface area contributed by atoms with Gasteiger partial charge in [-0.3, -0.25) is 4.79 Å². The van der Waals surface area contributed by atoms with Gasteiger partial charge in [0, 0.05) is 13.1 Å². The highest BCUT2D eigenvalue weighted by Crippen LogP contribution is 2.25. The number of ether oxygens (including phenoxy) is 1. The molecule has 0 radical (unpaired) electrons. The van der Waals surface area contributed by atoms with E-state index in [1.165, 1.54) is 4.31 Å². The van der Waals surface area contributed by atoms with Crippen LogP contribution in [0, 0.1) is 5.92 Å². The Morgan fingerprint density at radius 1 is 1.19 bits per heavy atom. The second-order valence-electron chi connectivity index (χ2n) is 8.28. The smallest absolute Gasteiger partial charge is 0.410 e. The molecule has 0 saturated carbocycles. The van der Waals surface area contributed by atoms with Gasteiger partial charge in [-0.25, -0.2) is 13.2 Å². The highest BCUT2D eigenvalue weighted by Gasteiger charge is 2.39. The molecule has 2 heterocycles. The zero-order valence-corrected chi connectivity index (χ0v) is 17.1. The molecule has 0 aromatic carbocycles. The molecule has 3 atom stereocenters. The van der Waals surface area contributed by atoms with Crippen molar-refractivity contribution in [2.45, 2.75) is 65.1 Å². The van der Waals surface area contributed by atoms with Crippen LogP contribution in [0.25, 0.3) is 0 Å². The van der Waals surface area contributed by atoms with Crippen LogP contribution < -0.4 is 5.32 Å². The van der Waals surface area contributed by atoms with Gasteiger partial charge in [0.2, 0.25) is 15.9 Å². The van der Waals surface area contributed by atoms with Crippen molar-refractivity contribution in [3.63, 3.8) is 0 Å². The number of nitrogens with one attached hydrogen (secondary N) is 1. The van der Waals surface area contributed by atoms with Crippen LogP contribution in [-0.4, -0.2) is 72.7 Å². The van der Waals surface area contributed by atoms with E-state index in [2.05, 4.69) is 5.32 Å². The van der Waals surface area contributed by atoms with Crippen LogP contribution in [0.15, 0.2) is 0 Å². The number of hydrogen-bond acceptors (Lipinski definition) is 5. The second kappa shape index (κ2) is 7.72. The molecule has 9 heteroatoms. The second-order valence-corrected chi connectivity index (χ2v) is 10.4. The van der Waals surface area contributed by atoms with Crippen LogP contribution in [0.4, 0.5) is 4.79 Å². The molecular weight excluding hydrogens is 358 g/mol. The van der Waals surface area contributed by atoms with Gasteiger partial charge < -0.3 is 15.0 Å². The van der Waals surface area contributed by atoms with Crippen molar-refractivity contribution in [2.24, 2.45) is 5.92 Å². The van der Waals surface area contributed by atoms with Crippen LogP contribution in [0.5, 0.6) is 0 Å². The number of sulfonamides is 1. The Balaban J connectivity index is 2.00. The van der Waals surface area contributed by atoms with E-state index < -0.39 is 21.7 Å². The number of carbonyl (C=O) groups is 2. The van der Waals surface area contributed by atoms with Crippen LogP contribution in [-0.2, 0) is 19.6 Å². The number of nitrogens with zero attached hydrogens (tertiary/aromatic N) is 2. The summed E-state index contributed by atoms with van der Waals surface area (Å²) in [5, 5.41) is 2.94. The highest BCUT2D eigenvalue weighted by atomic mass is 32.2. The summed E-state index contributed by atoms with van der Waals surface area (Å²) in [6, 6.07) is -0.471. The Bertz CT molecular complexity index is 643. The summed E-state index contributed by atoms with van der Waals surface area (Å²) in [4.78, 5) is 26.5. The SMILES string of the molecule is C[C@@H]1CCN(C(=O)OC(C)(C)C)[C@@H](C)[C@@H]1NC(=O)CN1CCCS1(=O)=O. The molecule has 0 aromatic rings. The van der Waals surface area contributed by atoms with E-state index in [-0.39, 0.29) is 36.2 Å². The zero-order valence-electron chi connectivity index (χ0n) is 16.3. The Hall–Kier alpha value is -1.35. The number of piperidine rings is 1. The third kappa shape index (κ3) is 5.09. The summed E-state index contributed by atoms with van der Waals surface area (Å²) in [6.45, 7) is 10.2. The van der Waals surface area contributed by atoms with Crippen molar-refractivity contribution in [3.05, 3.63) is 0 Å². The lowest BCUT2D eigenvalue weighted by atomic mass is 9.87. The fourth-order valence-corrected chi connectivity index (χ4v) is 4.97. The Morgan fingerprint density at radius 3 is 2.38 bits per heavy atom. The molecular formula is C17H31N3O5S. The average Bonchev–Trinajstić information content (AvgIpc) is 2.80. The zero-order chi connectivity index (χ0) is 19.7. The first kappa shape index (κ1) is 21.0. The maximum Gasteiger partial charge on any atom is 0.410 e. The van der Waals surface area contributed by atoms with Gasteiger partial charge in [-0.05, 0) is 46.5 Å². The molecule has 8 nitrogen and oxygen atoms in total. The summed E-state index contributed by atoms with van der Waals surface area (Å²) in [5.41, 5.74) is -0.581. The molecule has 2 amide bonds. The van der Waals surface area contributed by atoms with Crippen LogP contribution in [0.1, 0.15) is 47.5 Å². The number of rotatable bonds is 3. The molecule has 2 rings (SSSR count). The minimum atomic E-state index is -3.31. The monoisotopic (exact) mass is 389 g/mol. The van der Waals surface area contributed by atoms with Crippen molar-refractivity contribution >= 4 is 22.0 Å². The maximum absolute atomic E-state index is 12.4. The van der Waals surface area contributed by atoms with Gasteiger partial charge in [-0.1, -0.05) is 6.92 Å². The molecule has 0 aromatic heterocycles. The molecule has 0 bridgehead atoms. The molecule has 0 aliphatic carbocycles. The predicted octanol–water partition coefficient (Wildman–Crippen LogP) is 1.17. The largest absolute Gasteiger partial charge is 0.444 e. The molecule has 2 saturated heterocycles. The summed E-state index contributed by atoms with van der Waals surface area (Å²) >= 11 is 0. The fourth-order valence-electron chi connectivity index (χ4n) is 3.50. The lowest BCUT2D eigenvalue weighted by Crippen LogP contribution is -2.60.